The van der Waals surface area contributed by atoms with Gasteiger partial charge < -0.3 is 0 Å². The third-order valence-corrected chi connectivity index (χ3v) is 2.50. The van der Waals surface area contributed by atoms with E-state index < -0.39 is 0 Å². The van der Waals surface area contributed by atoms with Crippen molar-refractivity contribution in [2.24, 2.45) is 5.84 Å². The van der Waals surface area contributed by atoms with Crippen molar-refractivity contribution in [2.75, 3.05) is 18.8 Å². The largest absolute Gasteiger partial charge is 0.269 e. The molecular formula is C4H9ClN2S. The summed E-state index contributed by atoms with van der Waals surface area (Å²) in [6.07, 6.45) is 0. The van der Waals surface area contributed by atoms with Gasteiger partial charge in [0, 0.05) is 18.8 Å². The van der Waals surface area contributed by atoms with Crippen molar-refractivity contribution < 1.29 is 0 Å². The maximum atomic E-state index is 5.75. The van der Waals surface area contributed by atoms with Gasteiger partial charge >= 0.3 is 0 Å². The van der Waals surface area contributed by atoms with Crippen molar-refractivity contribution in [3.8, 4) is 0 Å². The second-order valence-corrected chi connectivity index (χ2v) is 3.87. The number of halogens is 1. The van der Waals surface area contributed by atoms with Crippen LogP contribution in [0.5, 0.6) is 0 Å². The molecule has 0 aliphatic carbocycles. The Bertz CT molecular complexity index is 72.4. The van der Waals surface area contributed by atoms with Crippen LogP contribution in [0.25, 0.3) is 0 Å². The van der Waals surface area contributed by atoms with Gasteiger partial charge in [0.2, 0.25) is 0 Å². The number of hydrazine groups is 1. The summed E-state index contributed by atoms with van der Waals surface area (Å²) >= 11 is 7.52. The molecule has 0 spiro atoms. The van der Waals surface area contributed by atoms with E-state index in [0.717, 1.165) is 18.8 Å². The van der Waals surface area contributed by atoms with E-state index in [4.69, 9.17) is 17.4 Å². The van der Waals surface area contributed by atoms with E-state index in [-0.39, 0.29) is 4.71 Å². The molecule has 1 saturated heterocycles. The minimum absolute atomic E-state index is 0.203. The molecular weight excluding hydrogens is 144 g/mol. The molecule has 1 rings (SSSR count). The van der Waals surface area contributed by atoms with Crippen molar-refractivity contribution in [3.05, 3.63) is 0 Å². The fourth-order valence-corrected chi connectivity index (χ4v) is 1.96. The zero-order valence-electron chi connectivity index (χ0n) is 4.51. The van der Waals surface area contributed by atoms with Gasteiger partial charge in [-0.25, -0.2) is 5.01 Å². The molecule has 1 fully saturated rings. The van der Waals surface area contributed by atoms with Crippen molar-refractivity contribution >= 4 is 23.4 Å². The van der Waals surface area contributed by atoms with Gasteiger partial charge in [-0.05, 0) is 0 Å². The highest BCUT2D eigenvalue weighted by atomic mass is 35.5. The Hall–Kier alpha value is 0.560. The maximum Gasteiger partial charge on any atom is 0.0929 e. The fraction of sp³-hybridized carbons (Fsp3) is 1.00. The number of alkyl halides is 1. The Balaban J connectivity index is 2.23. The molecule has 0 bridgehead atoms. The summed E-state index contributed by atoms with van der Waals surface area (Å²) in [5.41, 5.74) is 0. The van der Waals surface area contributed by atoms with Crippen LogP contribution in [-0.2, 0) is 0 Å². The van der Waals surface area contributed by atoms with Crippen molar-refractivity contribution in [1.29, 1.82) is 0 Å². The Kier molecular flexibility index (Phi) is 2.43. The van der Waals surface area contributed by atoms with E-state index >= 15 is 0 Å². The molecule has 0 aromatic rings. The van der Waals surface area contributed by atoms with Crippen LogP contribution in [0.4, 0.5) is 0 Å². The molecule has 2 N–H and O–H groups in total. The predicted molar refractivity (Wildman–Crippen MR) is 37.9 cm³/mol. The van der Waals surface area contributed by atoms with Crippen LogP contribution < -0.4 is 5.84 Å². The fourth-order valence-electron chi connectivity index (χ4n) is 0.626. The first-order valence-corrected chi connectivity index (χ1v) is 4.03. The third-order valence-electron chi connectivity index (χ3n) is 1.06. The van der Waals surface area contributed by atoms with Gasteiger partial charge in [0.25, 0.3) is 0 Å². The van der Waals surface area contributed by atoms with E-state index in [9.17, 15) is 0 Å². The minimum Gasteiger partial charge on any atom is -0.269 e. The molecule has 0 aromatic heterocycles. The normalized spacial score (nSPS) is 33.0. The van der Waals surface area contributed by atoms with Crippen LogP contribution in [0.15, 0.2) is 0 Å². The lowest BCUT2D eigenvalue weighted by Gasteiger charge is -2.24. The molecule has 0 saturated carbocycles. The summed E-state index contributed by atoms with van der Waals surface area (Å²) in [6.45, 7) is 1.78. The van der Waals surface area contributed by atoms with Crippen LogP contribution in [0.1, 0.15) is 0 Å². The van der Waals surface area contributed by atoms with Crippen LogP contribution in [-0.4, -0.2) is 28.6 Å². The van der Waals surface area contributed by atoms with E-state index in [1.54, 1.807) is 16.8 Å². The zero-order valence-corrected chi connectivity index (χ0v) is 6.08. The van der Waals surface area contributed by atoms with E-state index in [2.05, 4.69) is 0 Å². The zero-order chi connectivity index (χ0) is 5.98. The molecule has 8 heavy (non-hydrogen) atoms. The summed E-state index contributed by atoms with van der Waals surface area (Å²) in [5.74, 6) is 6.52. The molecule has 1 heterocycles. The maximum absolute atomic E-state index is 5.75. The van der Waals surface area contributed by atoms with Gasteiger partial charge in [-0.15, -0.1) is 23.4 Å². The minimum atomic E-state index is 0.203. The molecule has 1 aliphatic rings. The monoisotopic (exact) mass is 152 g/mol. The first-order valence-electron chi connectivity index (χ1n) is 2.54. The van der Waals surface area contributed by atoms with Crippen molar-refractivity contribution in [2.45, 2.75) is 4.71 Å². The average molecular weight is 153 g/mol. The predicted octanol–water partition coefficient (Wildman–Crippen LogP) is 0.474. The molecule has 1 aliphatic heterocycles. The lowest BCUT2D eigenvalue weighted by atomic mass is 10.6. The first-order chi connectivity index (χ1) is 3.79. The Labute approximate surface area is 58.3 Å². The second kappa shape index (κ2) is 2.92. The molecule has 1 unspecified atom stereocenters. The Morgan fingerprint density at radius 2 is 2.50 bits per heavy atom. The number of nitrogens with two attached hydrogens (primary N) is 1. The second-order valence-electron chi connectivity index (χ2n) is 1.78. The summed E-state index contributed by atoms with van der Waals surface area (Å²) in [6, 6.07) is 0. The quantitative estimate of drug-likeness (QED) is 0.404. The van der Waals surface area contributed by atoms with Crippen LogP contribution >= 0.6 is 23.4 Å². The van der Waals surface area contributed by atoms with Crippen molar-refractivity contribution in [3.63, 3.8) is 0 Å². The number of hydrogen-bond donors (Lipinski definition) is 1. The van der Waals surface area contributed by atoms with E-state index in [1.807, 2.05) is 0 Å². The highest BCUT2D eigenvalue weighted by molar-refractivity contribution is 8.01. The van der Waals surface area contributed by atoms with Crippen LogP contribution in [0.3, 0.4) is 0 Å². The van der Waals surface area contributed by atoms with E-state index in [0.29, 0.717) is 0 Å². The van der Waals surface area contributed by atoms with Crippen LogP contribution in [0, 0.1) is 0 Å². The number of thioether (sulfide) groups is 1. The van der Waals surface area contributed by atoms with Gasteiger partial charge in [-0.2, -0.15) is 0 Å². The van der Waals surface area contributed by atoms with Gasteiger partial charge in [0.1, 0.15) is 0 Å². The first kappa shape index (κ1) is 6.68. The summed E-state index contributed by atoms with van der Waals surface area (Å²) in [5, 5.41) is 1.76. The highest BCUT2D eigenvalue weighted by Gasteiger charge is 2.14. The SMILES string of the molecule is NN1CCSC(Cl)C1. The molecule has 0 amide bonds. The molecule has 4 heteroatoms. The molecule has 0 radical (unpaired) electrons. The standard InChI is InChI=1S/C4H9ClN2S/c5-4-3-7(6)1-2-8-4/h4H,1-3,6H2. The summed E-state index contributed by atoms with van der Waals surface area (Å²) in [4.78, 5) is 0. The Morgan fingerprint density at radius 1 is 1.75 bits per heavy atom. The summed E-state index contributed by atoms with van der Waals surface area (Å²) < 4.78 is 0.203. The summed E-state index contributed by atoms with van der Waals surface area (Å²) in [7, 11) is 0. The number of nitrogens with zero attached hydrogens (tertiary/aromatic N) is 1. The van der Waals surface area contributed by atoms with Gasteiger partial charge in [-0.3, -0.25) is 5.84 Å². The number of hydrogen-bond acceptors (Lipinski definition) is 3. The van der Waals surface area contributed by atoms with Gasteiger partial charge in [0.05, 0.1) is 4.71 Å². The smallest absolute Gasteiger partial charge is 0.0929 e. The van der Waals surface area contributed by atoms with Crippen molar-refractivity contribution in [1.82, 2.24) is 5.01 Å². The topological polar surface area (TPSA) is 29.3 Å². The highest BCUT2D eigenvalue weighted by Crippen LogP contribution is 2.19. The molecule has 2 nitrogen and oxygen atoms in total. The average Bonchev–Trinajstić information content (AvgIpc) is 1.64. The number of rotatable bonds is 0. The molecule has 0 aromatic carbocycles. The molecule has 48 valence electrons. The lowest BCUT2D eigenvalue weighted by Crippen LogP contribution is -2.40. The van der Waals surface area contributed by atoms with E-state index in [1.165, 1.54) is 0 Å². The van der Waals surface area contributed by atoms with Gasteiger partial charge in [0.15, 0.2) is 0 Å². The van der Waals surface area contributed by atoms with Gasteiger partial charge in [-0.1, -0.05) is 0 Å². The molecule has 1 atom stereocenters. The Morgan fingerprint density at radius 3 is 2.88 bits per heavy atom. The van der Waals surface area contributed by atoms with Crippen LogP contribution in [0.2, 0.25) is 0 Å². The third kappa shape index (κ3) is 1.82. The lowest BCUT2D eigenvalue weighted by molar-refractivity contribution is 0.308.